The molecule has 2 aromatic rings. The van der Waals surface area contributed by atoms with Crippen molar-refractivity contribution in [2.24, 2.45) is 0 Å². The van der Waals surface area contributed by atoms with Gasteiger partial charge in [0.1, 0.15) is 0 Å². The second kappa shape index (κ2) is 7.30. The molecule has 1 atom stereocenters. The molecule has 1 saturated heterocycles. The van der Waals surface area contributed by atoms with E-state index in [1.165, 1.54) is 10.5 Å². The SMILES string of the molecule is Cc1ccc(SC[C@@H]2CCCN2S(=O)(=O)c2ccc(C)cc2)cc1. The lowest BCUT2D eigenvalue weighted by Gasteiger charge is -2.24. The van der Waals surface area contributed by atoms with E-state index in [2.05, 4.69) is 31.2 Å². The first kappa shape index (κ1) is 17.5. The molecule has 0 spiro atoms. The molecule has 1 heterocycles. The van der Waals surface area contributed by atoms with Crippen LogP contribution in [-0.2, 0) is 10.0 Å². The van der Waals surface area contributed by atoms with E-state index in [-0.39, 0.29) is 6.04 Å². The van der Waals surface area contributed by atoms with Gasteiger partial charge in [-0.1, -0.05) is 35.4 Å². The van der Waals surface area contributed by atoms with Gasteiger partial charge < -0.3 is 0 Å². The highest BCUT2D eigenvalue weighted by Gasteiger charge is 2.35. The number of thioether (sulfide) groups is 1. The predicted molar refractivity (Wildman–Crippen MR) is 100.0 cm³/mol. The number of hydrogen-bond acceptors (Lipinski definition) is 3. The summed E-state index contributed by atoms with van der Waals surface area (Å²) in [5.74, 6) is 0.800. The van der Waals surface area contributed by atoms with Crippen molar-refractivity contribution in [1.82, 2.24) is 4.31 Å². The second-order valence-corrected chi connectivity index (χ2v) is 9.33. The lowest BCUT2D eigenvalue weighted by molar-refractivity contribution is 0.412. The molecule has 1 aliphatic rings. The van der Waals surface area contributed by atoms with E-state index in [1.807, 2.05) is 19.1 Å². The molecule has 0 N–H and O–H groups in total. The number of nitrogens with zero attached hydrogens (tertiary/aromatic N) is 1. The van der Waals surface area contributed by atoms with Gasteiger partial charge in [-0.25, -0.2) is 8.42 Å². The van der Waals surface area contributed by atoms with Gasteiger partial charge in [-0.3, -0.25) is 0 Å². The normalized spacial score (nSPS) is 18.8. The van der Waals surface area contributed by atoms with Crippen molar-refractivity contribution >= 4 is 21.8 Å². The molecule has 0 radical (unpaired) electrons. The molecule has 128 valence electrons. The molecule has 5 heteroatoms. The first-order valence-electron chi connectivity index (χ1n) is 8.25. The van der Waals surface area contributed by atoms with Gasteiger partial charge in [-0.05, 0) is 51.0 Å². The van der Waals surface area contributed by atoms with Crippen LogP contribution in [0.15, 0.2) is 58.3 Å². The number of hydrogen-bond donors (Lipinski definition) is 0. The van der Waals surface area contributed by atoms with Crippen molar-refractivity contribution in [1.29, 1.82) is 0 Å². The average Bonchev–Trinajstić information content (AvgIpc) is 3.04. The Hall–Kier alpha value is -1.30. The smallest absolute Gasteiger partial charge is 0.207 e. The third-order valence-corrected chi connectivity index (χ3v) is 7.54. The van der Waals surface area contributed by atoms with Crippen LogP contribution in [0.25, 0.3) is 0 Å². The molecule has 0 aliphatic carbocycles. The molecule has 0 unspecified atom stereocenters. The molecule has 1 fully saturated rings. The Kier molecular flexibility index (Phi) is 5.33. The molecule has 0 aromatic heterocycles. The lowest BCUT2D eigenvalue weighted by Crippen LogP contribution is -2.36. The fraction of sp³-hybridized carbons (Fsp3) is 0.368. The molecule has 0 amide bonds. The van der Waals surface area contributed by atoms with Crippen molar-refractivity contribution in [2.75, 3.05) is 12.3 Å². The Balaban J connectivity index is 1.72. The summed E-state index contributed by atoms with van der Waals surface area (Å²) in [6.45, 7) is 4.66. The van der Waals surface area contributed by atoms with E-state index in [9.17, 15) is 8.42 Å². The van der Waals surface area contributed by atoms with Gasteiger partial charge in [0.05, 0.1) is 4.90 Å². The number of benzene rings is 2. The van der Waals surface area contributed by atoms with Crippen LogP contribution >= 0.6 is 11.8 Å². The third-order valence-electron chi connectivity index (χ3n) is 4.41. The number of aryl methyl sites for hydroxylation is 2. The van der Waals surface area contributed by atoms with Crippen LogP contribution in [0.3, 0.4) is 0 Å². The minimum atomic E-state index is -3.40. The summed E-state index contributed by atoms with van der Waals surface area (Å²) in [7, 11) is -3.40. The van der Waals surface area contributed by atoms with Crippen molar-refractivity contribution in [3.63, 3.8) is 0 Å². The summed E-state index contributed by atoms with van der Waals surface area (Å²) < 4.78 is 27.6. The highest BCUT2D eigenvalue weighted by Crippen LogP contribution is 2.30. The van der Waals surface area contributed by atoms with E-state index in [4.69, 9.17) is 0 Å². The summed E-state index contributed by atoms with van der Waals surface area (Å²) in [5, 5.41) is 0. The first-order chi connectivity index (χ1) is 11.5. The fourth-order valence-electron chi connectivity index (χ4n) is 2.96. The van der Waals surface area contributed by atoms with Gasteiger partial charge in [0.2, 0.25) is 10.0 Å². The highest BCUT2D eigenvalue weighted by atomic mass is 32.2. The maximum atomic E-state index is 12.9. The summed E-state index contributed by atoms with van der Waals surface area (Å²) >= 11 is 1.74. The standard InChI is InChI=1S/C19H23NO2S2/c1-15-5-9-18(10-6-15)23-14-17-4-3-13-20(17)24(21,22)19-11-7-16(2)8-12-19/h5-12,17H,3-4,13-14H2,1-2H3/t17-/m0/s1. The molecule has 1 aliphatic heterocycles. The van der Waals surface area contributed by atoms with Gasteiger partial charge in [0, 0.05) is 23.2 Å². The quantitative estimate of drug-likeness (QED) is 0.747. The zero-order valence-electron chi connectivity index (χ0n) is 14.1. The van der Waals surface area contributed by atoms with Crippen LogP contribution in [0.4, 0.5) is 0 Å². The Morgan fingerprint density at radius 3 is 2.21 bits per heavy atom. The topological polar surface area (TPSA) is 37.4 Å². The van der Waals surface area contributed by atoms with Crippen LogP contribution in [-0.4, -0.2) is 31.1 Å². The van der Waals surface area contributed by atoms with E-state index < -0.39 is 10.0 Å². The minimum Gasteiger partial charge on any atom is -0.207 e. The van der Waals surface area contributed by atoms with E-state index in [1.54, 1.807) is 28.2 Å². The summed E-state index contributed by atoms with van der Waals surface area (Å²) in [6, 6.07) is 15.6. The number of sulfonamides is 1. The second-order valence-electron chi connectivity index (χ2n) is 6.35. The molecule has 0 saturated carbocycles. The lowest BCUT2D eigenvalue weighted by atomic mass is 10.2. The summed E-state index contributed by atoms with van der Waals surface area (Å²) in [5.41, 5.74) is 2.31. The van der Waals surface area contributed by atoms with Gasteiger partial charge >= 0.3 is 0 Å². The summed E-state index contributed by atoms with van der Waals surface area (Å²) in [4.78, 5) is 1.60. The van der Waals surface area contributed by atoms with Crippen molar-refractivity contribution in [3.05, 3.63) is 59.7 Å². The molecule has 3 nitrogen and oxygen atoms in total. The fourth-order valence-corrected chi connectivity index (χ4v) is 5.81. The largest absolute Gasteiger partial charge is 0.243 e. The molecule has 24 heavy (non-hydrogen) atoms. The van der Waals surface area contributed by atoms with Crippen LogP contribution in [0.2, 0.25) is 0 Å². The van der Waals surface area contributed by atoms with E-state index in [0.717, 1.165) is 24.2 Å². The van der Waals surface area contributed by atoms with Crippen molar-refractivity contribution < 1.29 is 8.42 Å². The van der Waals surface area contributed by atoms with Crippen LogP contribution in [0, 0.1) is 13.8 Å². The van der Waals surface area contributed by atoms with E-state index in [0.29, 0.717) is 11.4 Å². The third kappa shape index (κ3) is 3.85. The zero-order valence-corrected chi connectivity index (χ0v) is 15.7. The van der Waals surface area contributed by atoms with Gasteiger partial charge in [-0.15, -0.1) is 11.8 Å². The molecule has 0 bridgehead atoms. The molecule has 3 rings (SSSR count). The average molecular weight is 362 g/mol. The minimum absolute atomic E-state index is 0.0719. The Morgan fingerprint density at radius 1 is 1.00 bits per heavy atom. The molecular formula is C19H23NO2S2. The maximum Gasteiger partial charge on any atom is 0.243 e. The Labute approximate surface area is 149 Å². The predicted octanol–water partition coefficient (Wildman–Crippen LogP) is 4.25. The van der Waals surface area contributed by atoms with Crippen molar-refractivity contribution in [3.8, 4) is 0 Å². The zero-order chi connectivity index (χ0) is 17.2. The van der Waals surface area contributed by atoms with Crippen LogP contribution in [0.1, 0.15) is 24.0 Å². The van der Waals surface area contributed by atoms with Gasteiger partial charge in [0.25, 0.3) is 0 Å². The van der Waals surface area contributed by atoms with Crippen molar-refractivity contribution in [2.45, 2.75) is 42.5 Å². The van der Waals surface area contributed by atoms with Crippen LogP contribution in [0.5, 0.6) is 0 Å². The molecule has 2 aromatic carbocycles. The maximum absolute atomic E-state index is 12.9. The van der Waals surface area contributed by atoms with Gasteiger partial charge in [-0.2, -0.15) is 4.31 Å². The molecular weight excluding hydrogens is 338 g/mol. The highest BCUT2D eigenvalue weighted by molar-refractivity contribution is 7.99. The van der Waals surface area contributed by atoms with Crippen LogP contribution < -0.4 is 0 Å². The van der Waals surface area contributed by atoms with E-state index >= 15 is 0 Å². The Morgan fingerprint density at radius 2 is 1.58 bits per heavy atom. The Bertz CT molecular complexity index is 783. The number of rotatable bonds is 5. The van der Waals surface area contributed by atoms with Gasteiger partial charge in [0.15, 0.2) is 0 Å². The summed E-state index contributed by atoms with van der Waals surface area (Å²) in [6.07, 6.45) is 1.87. The monoisotopic (exact) mass is 361 g/mol. The first-order valence-corrected chi connectivity index (χ1v) is 10.7.